The number of carbonyl (C=O) groups is 3. The minimum absolute atomic E-state index is 0.00661. The lowest BCUT2D eigenvalue weighted by atomic mass is 9.99. The van der Waals surface area contributed by atoms with E-state index in [1.54, 1.807) is 29.2 Å². The molecule has 9 heteroatoms. The van der Waals surface area contributed by atoms with Gasteiger partial charge in [0.05, 0.1) is 24.6 Å². The minimum atomic E-state index is -1.23. The van der Waals surface area contributed by atoms with Crippen LogP contribution in [0.25, 0.3) is 11.1 Å². The molecule has 1 heterocycles. The number of Topliss-reactive ketones (excluding diaryl/α,β-unsaturated/α-hetero) is 1. The maximum atomic E-state index is 14.1. The van der Waals surface area contributed by atoms with Gasteiger partial charge in [-0.15, -0.1) is 0 Å². The molecule has 0 radical (unpaired) electrons. The molecule has 0 saturated heterocycles. The normalized spacial score (nSPS) is 14.5. The van der Waals surface area contributed by atoms with Gasteiger partial charge in [0.15, 0.2) is 5.78 Å². The van der Waals surface area contributed by atoms with Crippen molar-refractivity contribution in [3.05, 3.63) is 166 Å². The van der Waals surface area contributed by atoms with Gasteiger partial charge in [-0.2, -0.15) is 0 Å². The van der Waals surface area contributed by atoms with Crippen LogP contribution in [0.15, 0.2) is 127 Å². The van der Waals surface area contributed by atoms with E-state index in [2.05, 4.69) is 12.2 Å². The first-order valence-electron chi connectivity index (χ1n) is 19.0. The Kier molecular flexibility index (Phi) is 13.6. The molecule has 5 aromatic rings. The molecule has 5 aromatic carbocycles. The average molecular weight is 758 g/mol. The Balaban J connectivity index is 1.20. The summed E-state index contributed by atoms with van der Waals surface area (Å²) in [5.41, 5.74) is 6.66. The number of amides is 2. The van der Waals surface area contributed by atoms with Crippen LogP contribution in [0.3, 0.4) is 0 Å². The number of β-amino-alcohol motifs (C(OH)–C–C–N with tert-alkyl or cyclic N) is 1. The quantitative estimate of drug-likeness (QED) is 0.0957. The number of aliphatic hydroxyl groups is 2. The Morgan fingerprint density at radius 3 is 2.13 bits per heavy atom. The van der Waals surface area contributed by atoms with E-state index in [4.69, 9.17) is 11.6 Å². The van der Waals surface area contributed by atoms with Gasteiger partial charge in [-0.05, 0) is 64.8 Å². The molecule has 3 N–H and O–H groups in total. The van der Waals surface area contributed by atoms with Crippen LogP contribution in [0, 0.1) is 0 Å². The van der Waals surface area contributed by atoms with Gasteiger partial charge in [-0.25, -0.2) is 0 Å². The lowest BCUT2D eigenvalue weighted by Crippen LogP contribution is -2.55. The van der Waals surface area contributed by atoms with E-state index < -0.39 is 18.4 Å². The first-order chi connectivity index (χ1) is 26.7. The van der Waals surface area contributed by atoms with Crippen LogP contribution in [-0.2, 0) is 30.5 Å². The van der Waals surface area contributed by atoms with Crippen molar-refractivity contribution in [1.82, 2.24) is 15.1 Å². The highest BCUT2D eigenvalue weighted by atomic mass is 35.5. The third-order valence-corrected chi connectivity index (χ3v) is 10.6. The molecule has 3 atom stereocenters. The number of nitrogens with one attached hydrogen (secondary N) is 1. The molecule has 1 aliphatic heterocycles. The number of hydrogen-bond acceptors (Lipinski definition) is 6. The lowest BCUT2D eigenvalue weighted by Gasteiger charge is -2.33. The van der Waals surface area contributed by atoms with Crippen molar-refractivity contribution in [2.45, 2.75) is 57.4 Å². The SMILES string of the molecule is CCc1ccc(CCN(C[C@H](O)[C@H](Cc2ccccc2)NC(O)CN2CCC(=O)c3ccccc3C2=O)C(=O)Cc2ccc(-c3ccccc3)cc2)c(Cl)c1. The fourth-order valence-corrected chi connectivity index (χ4v) is 7.38. The van der Waals surface area contributed by atoms with Crippen molar-refractivity contribution in [3.63, 3.8) is 0 Å². The zero-order valence-corrected chi connectivity index (χ0v) is 31.9. The highest BCUT2D eigenvalue weighted by Crippen LogP contribution is 2.23. The number of fused-ring (bicyclic) bond motifs is 1. The predicted octanol–water partition coefficient (Wildman–Crippen LogP) is 6.79. The number of rotatable bonds is 16. The average Bonchev–Trinajstić information content (AvgIpc) is 3.32. The standard InChI is InChI=1S/C46H48ClN3O5/c1-2-32-17-22-37(40(47)27-32)23-25-49(45(54)29-34-18-20-36(21-19-34)35-13-7-4-8-14-35)30-43(52)41(28-33-11-5-3-6-12-33)48-44(53)31-50-26-24-42(51)38-15-9-10-16-39(38)46(50)55/h3-22,27,41,43-44,48,52-53H,2,23-26,28-31H2,1H3/t41-,43-,44?/m0/s1. The molecule has 8 nitrogen and oxygen atoms in total. The van der Waals surface area contributed by atoms with Crippen molar-refractivity contribution < 1.29 is 24.6 Å². The van der Waals surface area contributed by atoms with Crippen LogP contribution in [0.2, 0.25) is 5.02 Å². The Labute approximate surface area is 328 Å². The van der Waals surface area contributed by atoms with E-state index in [-0.39, 0.29) is 50.1 Å². The summed E-state index contributed by atoms with van der Waals surface area (Å²) in [6.45, 7) is 2.45. The summed E-state index contributed by atoms with van der Waals surface area (Å²) in [5, 5.41) is 27.1. The summed E-state index contributed by atoms with van der Waals surface area (Å²) in [7, 11) is 0. The monoisotopic (exact) mass is 757 g/mol. The van der Waals surface area contributed by atoms with E-state index in [9.17, 15) is 24.6 Å². The fraction of sp³-hybridized carbons (Fsp3) is 0.283. The summed E-state index contributed by atoms with van der Waals surface area (Å²) >= 11 is 6.67. The van der Waals surface area contributed by atoms with Gasteiger partial charge < -0.3 is 20.0 Å². The number of nitrogens with zero attached hydrogens (tertiary/aromatic N) is 2. The predicted molar refractivity (Wildman–Crippen MR) is 217 cm³/mol. The van der Waals surface area contributed by atoms with Gasteiger partial charge in [0.1, 0.15) is 6.23 Å². The Hall–Kier alpha value is -5.12. The molecule has 0 fully saturated rings. The highest BCUT2D eigenvalue weighted by molar-refractivity contribution is 6.31. The van der Waals surface area contributed by atoms with Crippen LogP contribution in [-0.4, -0.2) is 82.2 Å². The molecule has 1 aliphatic rings. The van der Waals surface area contributed by atoms with Crippen molar-refractivity contribution in [2.24, 2.45) is 0 Å². The summed E-state index contributed by atoms with van der Waals surface area (Å²) in [5.74, 6) is -0.599. The summed E-state index contributed by atoms with van der Waals surface area (Å²) < 4.78 is 0. The molecule has 284 valence electrons. The lowest BCUT2D eigenvalue weighted by molar-refractivity contribution is -0.132. The van der Waals surface area contributed by atoms with E-state index in [1.165, 1.54) is 4.90 Å². The molecule has 2 amide bonds. The highest BCUT2D eigenvalue weighted by Gasteiger charge is 2.31. The van der Waals surface area contributed by atoms with E-state index >= 15 is 0 Å². The third-order valence-electron chi connectivity index (χ3n) is 10.3. The van der Waals surface area contributed by atoms with E-state index in [0.29, 0.717) is 35.5 Å². The van der Waals surface area contributed by atoms with E-state index in [0.717, 1.165) is 39.8 Å². The molecule has 0 aliphatic carbocycles. The zero-order chi connectivity index (χ0) is 38.7. The van der Waals surface area contributed by atoms with E-state index in [1.807, 2.05) is 103 Å². The maximum absolute atomic E-state index is 14.1. The largest absolute Gasteiger partial charge is 0.390 e. The zero-order valence-electron chi connectivity index (χ0n) is 31.1. The number of hydrogen-bond donors (Lipinski definition) is 3. The van der Waals surface area contributed by atoms with Gasteiger partial charge in [-0.3, -0.25) is 19.7 Å². The van der Waals surface area contributed by atoms with Crippen molar-refractivity contribution in [3.8, 4) is 11.1 Å². The van der Waals surface area contributed by atoms with Gasteiger partial charge in [0, 0.05) is 42.7 Å². The first kappa shape index (κ1) is 39.6. The van der Waals surface area contributed by atoms with Crippen LogP contribution in [0.1, 0.15) is 56.3 Å². The molecule has 0 saturated carbocycles. The van der Waals surface area contributed by atoms with Crippen LogP contribution >= 0.6 is 11.6 Å². The second-order valence-corrected chi connectivity index (χ2v) is 14.5. The fourth-order valence-electron chi connectivity index (χ4n) is 7.08. The third kappa shape index (κ3) is 10.6. The second kappa shape index (κ2) is 19.0. The number of aryl methyl sites for hydroxylation is 1. The van der Waals surface area contributed by atoms with Gasteiger partial charge in [0.2, 0.25) is 5.91 Å². The Morgan fingerprint density at radius 2 is 1.44 bits per heavy atom. The molecule has 0 bridgehead atoms. The Morgan fingerprint density at radius 1 is 0.800 bits per heavy atom. The summed E-state index contributed by atoms with van der Waals surface area (Å²) in [6, 6.07) is 39.6. The maximum Gasteiger partial charge on any atom is 0.254 e. The van der Waals surface area contributed by atoms with Crippen LogP contribution < -0.4 is 5.32 Å². The molecule has 0 spiro atoms. The summed E-state index contributed by atoms with van der Waals surface area (Å²) in [4.78, 5) is 43.5. The number of halogens is 1. The van der Waals surface area contributed by atoms with Gasteiger partial charge >= 0.3 is 0 Å². The van der Waals surface area contributed by atoms with Gasteiger partial charge in [-0.1, -0.05) is 134 Å². The number of ketones is 1. The van der Waals surface area contributed by atoms with Crippen molar-refractivity contribution in [1.29, 1.82) is 0 Å². The molecular formula is C46H48ClN3O5. The smallest absolute Gasteiger partial charge is 0.254 e. The first-order valence-corrected chi connectivity index (χ1v) is 19.3. The molecule has 0 aromatic heterocycles. The second-order valence-electron chi connectivity index (χ2n) is 14.1. The molecule has 6 rings (SSSR count). The molecule has 55 heavy (non-hydrogen) atoms. The molecule has 1 unspecified atom stereocenters. The minimum Gasteiger partial charge on any atom is -0.390 e. The van der Waals surface area contributed by atoms with Crippen LogP contribution in [0.5, 0.6) is 0 Å². The number of benzene rings is 5. The van der Waals surface area contributed by atoms with Gasteiger partial charge in [0.25, 0.3) is 5.91 Å². The summed E-state index contributed by atoms with van der Waals surface area (Å²) in [6.07, 6.45) is -0.343. The van der Waals surface area contributed by atoms with Crippen molar-refractivity contribution >= 4 is 29.2 Å². The van der Waals surface area contributed by atoms with Crippen molar-refractivity contribution in [2.75, 3.05) is 26.2 Å². The number of aliphatic hydroxyl groups excluding tert-OH is 2. The molecular weight excluding hydrogens is 710 g/mol. The Bertz CT molecular complexity index is 2060. The topological polar surface area (TPSA) is 110 Å². The number of carbonyl (C=O) groups excluding carboxylic acids is 3. The van der Waals surface area contributed by atoms with Crippen LogP contribution in [0.4, 0.5) is 0 Å².